The van der Waals surface area contributed by atoms with E-state index in [2.05, 4.69) is 5.10 Å². The molecule has 72 valence electrons. The second-order valence-electron chi connectivity index (χ2n) is 2.31. The smallest absolute Gasteiger partial charge is 0.276 e. The lowest BCUT2D eigenvalue weighted by atomic mass is 10.3. The van der Waals surface area contributed by atoms with Gasteiger partial charge in [-0.1, -0.05) is 11.6 Å². The summed E-state index contributed by atoms with van der Waals surface area (Å²) in [6.45, 7) is 1.15. The third kappa shape index (κ3) is 1.67. The molecule has 0 amide bonds. The van der Waals surface area contributed by atoms with E-state index in [4.69, 9.17) is 11.6 Å². The van der Waals surface area contributed by atoms with E-state index in [1.807, 2.05) is 0 Å². The molecule has 0 saturated carbocycles. The molecule has 1 aromatic heterocycles. The van der Waals surface area contributed by atoms with Gasteiger partial charge in [0.2, 0.25) is 6.41 Å². The quantitative estimate of drug-likeness (QED) is 0.667. The Morgan fingerprint density at radius 3 is 2.31 bits per heavy atom. The van der Waals surface area contributed by atoms with Crippen molar-refractivity contribution in [2.45, 2.75) is 13.1 Å². The number of hydrogen-bond acceptors (Lipinski definition) is 2. The zero-order chi connectivity index (χ0) is 10.2. The molecular weight excluding hydrogens is 209 g/mol. The molecule has 0 aromatic carbocycles. The minimum Gasteiger partial charge on any atom is -0.276 e. The largest absolute Gasteiger partial charge is 0.435 e. The summed E-state index contributed by atoms with van der Waals surface area (Å²) in [6.07, 6.45) is -4.47. The zero-order valence-corrected chi connectivity index (χ0v) is 7.15. The van der Waals surface area contributed by atoms with Gasteiger partial charge in [-0.05, 0) is 6.92 Å². The van der Waals surface area contributed by atoms with Crippen molar-refractivity contribution in [1.29, 1.82) is 0 Å². The molecule has 0 radical (unpaired) electrons. The number of alkyl halides is 3. The van der Waals surface area contributed by atoms with Crippen LogP contribution >= 0.6 is 11.6 Å². The molecule has 0 saturated heterocycles. The normalized spacial score (nSPS) is 11.8. The maximum atomic E-state index is 12.1. The van der Waals surface area contributed by atoms with E-state index in [0.717, 1.165) is 6.92 Å². The number of carbonyl (C=O) groups is 1. The predicted molar refractivity (Wildman–Crippen MR) is 39.1 cm³/mol. The maximum absolute atomic E-state index is 12.1. The summed E-state index contributed by atoms with van der Waals surface area (Å²) in [4.78, 5) is 10.2. The molecule has 0 aliphatic heterocycles. The van der Waals surface area contributed by atoms with E-state index in [1.54, 1.807) is 0 Å². The van der Waals surface area contributed by atoms with Crippen molar-refractivity contribution in [2.75, 3.05) is 0 Å². The average Bonchev–Trinajstić information content (AvgIpc) is 2.28. The predicted octanol–water partition coefficient (Wildman–Crippen LogP) is 1.90. The summed E-state index contributed by atoms with van der Waals surface area (Å²) in [6, 6.07) is 0. The fourth-order valence-electron chi connectivity index (χ4n) is 0.835. The molecule has 0 unspecified atom stereocenters. The first kappa shape index (κ1) is 10.0. The number of carbonyl (C=O) groups excluding carboxylic acids is 1. The Labute approximate surface area is 76.1 Å². The lowest BCUT2D eigenvalue weighted by molar-refractivity contribution is -0.141. The summed E-state index contributed by atoms with van der Waals surface area (Å²) in [5.74, 6) is 0. The van der Waals surface area contributed by atoms with Crippen molar-refractivity contribution in [3.63, 3.8) is 0 Å². The minimum absolute atomic E-state index is 0.116. The third-order valence-corrected chi connectivity index (χ3v) is 1.90. The van der Waals surface area contributed by atoms with Gasteiger partial charge in [-0.3, -0.25) is 4.79 Å². The van der Waals surface area contributed by atoms with Crippen molar-refractivity contribution in [3.05, 3.63) is 16.4 Å². The molecule has 7 heteroatoms. The topological polar surface area (TPSA) is 34.9 Å². The summed E-state index contributed by atoms with van der Waals surface area (Å²) < 4.78 is 36.8. The molecule has 0 aliphatic rings. The lowest BCUT2D eigenvalue weighted by Crippen LogP contribution is -2.08. The van der Waals surface area contributed by atoms with Crippen molar-refractivity contribution in [1.82, 2.24) is 9.78 Å². The highest BCUT2D eigenvalue weighted by atomic mass is 35.5. The number of nitrogens with zero attached hydrogens (tertiary/aromatic N) is 2. The van der Waals surface area contributed by atoms with E-state index in [0.29, 0.717) is 4.68 Å². The fraction of sp³-hybridized carbons (Fsp3) is 0.333. The molecule has 1 heterocycles. The SMILES string of the molecule is Cc1c(C(F)(F)F)nn(C=O)c1Cl. The van der Waals surface area contributed by atoms with Gasteiger partial charge in [-0.25, -0.2) is 0 Å². The highest BCUT2D eigenvalue weighted by Crippen LogP contribution is 2.33. The van der Waals surface area contributed by atoms with Gasteiger partial charge in [0.15, 0.2) is 5.69 Å². The lowest BCUT2D eigenvalue weighted by Gasteiger charge is -2.01. The number of halogens is 4. The van der Waals surface area contributed by atoms with Crippen LogP contribution in [0.2, 0.25) is 5.15 Å². The Bertz CT molecular complexity index is 344. The van der Waals surface area contributed by atoms with E-state index < -0.39 is 11.9 Å². The van der Waals surface area contributed by atoms with Gasteiger partial charge in [0.25, 0.3) is 0 Å². The molecule has 1 rings (SSSR count). The minimum atomic E-state index is -4.58. The van der Waals surface area contributed by atoms with Crippen LogP contribution in [0, 0.1) is 6.92 Å². The van der Waals surface area contributed by atoms with Crippen molar-refractivity contribution in [3.8, 4) is 0 Å². The second-order valence-corrected chi connectivity index (χ2v) is 2.67. The van der Waals surface area contributed by atoms with Crippen molar-refractivity contribution < 1.29 is 18.0 Å². The first-order valence-corrected chi connectivity index (χ1v) is 3.53. The first-order chi connectivity index (χ1) is 5.88. The monoisotopic (exact) mass is 212 g/mol. The number of rotatable bonds is 1. The van der Waals surface area contributed by atoms with Crippen LogP contribution in [0.4, 0.5) is 13.2 Å². The van der Waals surface area contributed by atoms with Crippen molar-refractivity contribution in [2.24, 2.45) is 0 Å². The first-order valence-electron chi connectivity index (χ1n) is 3.15. The summed E-state index contributed by atoms with van der Waals surface area (Å²) in [7, 11) is 0. The van der Waals surface area contributed by atoms with Crippen LogP contribution in [-0.2, 0) is 11.0 Å². The maximum Gasteiger partial charge on any atom is 0.435 e. The van der Waals surface area contributed by atoms with Gasteiger partial charge in [0.1, 0.15) is 5.15 Å². The standard InChI is InChI=1S/C6H4ClF3N2O/c1-3-4(6(8,9)10)11-12(2-13)5(3)7/h2H,1H3. The molecule has 0 spiro atoms. The molecule has 0 atom stereocenters. The van der Waals surface area contributed by atoms with Crippen LogP contribution in [0.15, 0.2) is 0 Å². The molecule has 0 aliphatic carbocycles. The Kier molecular flexibility index (Phi) is 2.34. The third-order valence-electron chi connectivity index (χ3n) is 1.44. The van der Waals surface area contributed by atoms with E-state index >= 15 is 0 Å². The van der Waals surface area contributed by atoms with Gasteiger partial charge >= 0.3 is 6.18 Å². The Balaban J connectivity index is 3.33. The van der Waals surface area contributed by atoms with Crippen LogP contribution in [0.1, 0.15) is 11.3 Å². The second kappa shape index (κ2) is 3.02. The van der Waals surface area contributed by atoms with E-state index in [1.165, 1.54) is 0 Å². The molecule has 3 nitrogen and oxygen atoms in total. The summed E-state index contributed by atoms with van der Waals surface area (Å²) in [5.41, 5.74) is -1.38. The number of hydrogen-bond donors (Lipinski definition) is 0. The molecule has 0 N–H and O–H groups in total. The van der Waals surface area contributed by atoms with Crippen LogP contribution < -0.4 is 0 Å². The van der Waals surface area contributed by atoms with E-state index in [9.17, 15) is 18.0 Å². The summed E-state index contributed by atoms with van der Waals surface area (Å²) in [5, 5.41) is 2.67. The highest BCUT2D eigenvalue weighted by molar-refractivity contribution is 6.31. The van der Waals surface area contributed by atoms with Crippen molar-refractivity contribution >= 4 is 18.0 Å². The summed E-state index contributed by atoms with van der Waals surface area (Å²) >= 11 is 5.39. The molecule has 1 aromatic rings. The fourth-order valence-corrected chi connectivity index (χ4v) is 1.00. The Morgan fingerprint density at radius 1 is 1.54 bits per heavy atom. The van der Waals surface area contributed by atoms with Gasteiger partial charge in [-0.15, -0.1) is 0 Å². The zero-order valence-electron chi connectivity index (χ0n) is 6.39. The van der Waals surface area contributed by atoms with Crippen LogP contribution in [-0.4, -0.2) is 16.2 Å². The van der Waals surface area contributed by atoms with Gasteiger partial charge < -0.3 is 0 Å². The molecule has 13 heavy (non-hydrogen) atoms. The van der Waals surface area contributed by atoms with Crippen LogP contribution in [0.5, 0.6) is 0 Å². The molecule has 0 bridgehead atoms. The molecule has 0 fully saturated rings. The Hall–Kier alpha value is -1.04. The van der Waals surface area contributed by atoms with Gasteiger partial charge in [0.05, 0.1) is 0 Å². The number of aromatic nitrogens is 2. The molecular formula is C6H4ClF3N2O. The van der Waals surface area contributed by atoms with Gasteiger partial charge in [0, 0.05) is 5.56 Å². The van der Waals surface area contributed by atoms with Crippen LogP contribution in [0.25, 0.3) is 0 Å². The van der Waals surface area contributed by atoms with E-state index in [-0.39, 0.29) is 17.1 Å². The highest BCUT2D eigenvalue weighted by Gasteiger charge is 2.37. The Morgan fingerprint density at radius 2 is 2.08 bits per heavy atom. The van der Waals surface area contributed by atoms with Crippen LogP contribution in [0.3, 0.4) is 0 Å². The average molecular weight is 213 g/mol. The van der Waals surface area contributed by atoms with Gasteiger partial charge in [-0.2, -0.15) is 23.0 Å².